The fourth-order valence-electron chi connectivity index (χ4n) is 3.63. The molecule has 7 heteroatoms. The van der Waals surface area contributed by atoms with E-state index in [0.717, 1.165) is 17.0 Å². The van der Waals surface area contributed by atoms with Gasteiger partial charge in [0, 0.05) is 38.2 Å². The number of ether oxygens (including phenoxy) is 1. The van der Waals surface area contributed by atoms with Crippen molar-refractivity contribution in [1.29, 1.82) is 0 Å². The summed E-state index contributed by atoms with van der Waals surface area (Å²) in [6.07, 6.45) is 2.53. The molecule has 0 radical (unpaired) electrons. The Morgan fingerprint density at radius 3 is 2.59 bits per heavy atom. The van der Waals surface area contributed by atoms with Gasteiger partial charge in [-0.05, 0) is 18.2 Å². The van der Waals surface area contributed by atoms with Gasteiger partial charge >= 0.3 is 0 Å². The van der Waals surface area contributed by atoms with Gasteiger partial charge in [0.15, 0.2) is 0 Å². The third kappa shape index (κ3) is 4.18. The first-order valence-electron chi connectivity index (χ1n) is 9.72. The molecule has 1 unspecified atom stereocenters. The molecule has 2 heterocycles. The van der Waals surface area contributed by atoms with Crippen LogP contribution in [0.4, 0.5) is 0 Å². The van der Waals surface area contributed by atoms with E-state index in [1.54, 1.807) is 14.2 Å². The van der Waals surface area contributed by atoms with Crippen molar-refractivity contribution in [2.45, 2.75) is 26.3 Å². The molecule has 154 valence electrons. The Morgan fingerprint density at radius 2 is 1.97 bits per heavy atom. The summed E-state index contributed by atoms with van der Waals surface area (Å²) in [5.74, 6) is 0.253. The SMILES string of the molecule is COc1ccccc1C1CC(c2cccn2C)=NN1C(=O)CN(C)C(=O)C(C)C. The lowest BCUT2D eigenvalue weighted by Gasteiger charge is -2.26. The van der Waals surface area contributed by atoms with Crippen LogP contribution in [0.5, 0.6) is 5.75 Å². The highest BCUT2D eigenvalue weighted by Crippen LogP contribution is 2.37. The molecule has 3 rings (SSSR count). The van der Waals surface area contributed by atoms with E-state index in [0.29, 0.717) is 12.2 Å². The number of carbonyl (C=O) groups is 2. The number of hydrogen-bond donors (Lipinski definition) is 0. The smallest absolute Gasteiger partial charge is 0.262 e. The van der Waals surface area contributed by atoms with E-state index >= 15 is 0 Å². The number of aryl methyl sites for hydroxylation is 1. The van der Waals surface area contributed by atoms with Crippen molar-refractivity contribution >= 4 is 17.5 Å². The lowest BCUT2D eigenvalue weighted by molar-refractivity contribution is -0.142. The number of hydrazone groups is 1. The van der Waals surface area contributed by atoms with E-state index in [2.05, 4.69) is 5.10 Å². The molecule has 7 nitrogen and oxygen atoms in total. The molecule has 0 spiro atoms. The minimum atomic E-state index is -0.286. The number of hydrogen-bond acceptors (Lipinski definition) is 4. The number of rotatable bonds is 6. The van der Waals surface area contributed by atoms with Crippen LogP contribution in [0.15, 0.2) is 47.7 Å². The van der Waals surface area contributed by atoms with Crippen LogP contribution < -0.4 is 4.74 Å². The molecule has 1 aromatic carbocycles. The average molecular weight is 396 g/mol. The van der Waals surface area contributed by atoms with Crippen molar-refractivity contribution in [1.82, 2.24) is 14.5 Å². The van der Waals surface area contributed by atoms with Crippen LogP contribution in [0.1, 0.15) is 37.6 Å². The summed E-state index contributed by atoms with van der Waals surface area (Å²) in [5, 5.41) is 6.17. The molecule has 1 aliphatic heterocycles. The third-order valence-corrected chi connectivity index (χ3v) is 5.15. The van der Waals surface area contributed by atoms with Crippen molar-refractivity contribution in [3.63, 3.8) is 0 Å². The number of nitrogens with zero attached hydrogens (tertiary/aromatic N) is 4. The quantitative estimate of drug-likeness (QED) is 0.754. The van der Waals surface area contributed by atoms with Gasteiger partial charge in [-0.1, -0.05) is 32.0 Å². The first kappa shape index (κ1) is 20.6. The van der Waals surface area contributed by atoms with Crippen molar-refractivity contribution in [2.24, 2.45) is 18.1 Å². The normalized spacial score (nSPS) is 16.1. The molecule has 2 aromatic rings. The lowest BCUT2D eigenvalue weighted by atomic mass is 9.99. The summed E-state index contributed by atoms with van der Waals surface area (Å²) in [6.45, 7) is 3.62. The molecule has 0 bridgehead atoms. The molecule has 0 N–H and O–H groups in total. The fourth-order valence-corrected chi connectivity index (χ4v) is 3.63. The molecular formula is C22H28N4O3. The molecule has 1 aromatic heterocycles. The van der Waals surface area contributed by atoms with Crippen LogP contribution in [0.25, 0.3) is 0 Å². The molecule has 1 aliphatic rings. The lowest BCUT2D eigenvalue weighted by Crippen LogP contribution is -2.40. The zero-order valence-electron chi connectivity index (χ0n) is 17.6. The van der Waals surface area contributed by atoms with E-state index in [4.69, 9.17) is 4.74 Å². The second-order valence-electron chi connectivity index (χ2n) is 7.60. The maximum Gasteiger partial charge on any atom is 0.262 e. The predicted molar refractivity (Wildman–Crippen MR) is 112 cm³/mol. The highest BCUT2D eigenvalue weighted by Gasteiger charge is 2.36. The molecular weight excluding hydrogens is 368 g/mol. The summed E-state index contributed by atoms with van der Waals surface area (Å²) >= 11 is 0. The Kier molecular flexibility index (Phi) is 6.06. The van der Waals surface area contributed by atoms with Crippen LogP contribution in [0.3, 0.4) is 0 Å². The van der Waals surface area contributed by atoms with Gasteiger partial charge in [-0.2, -0.15) is 5.10 Å². The second kappa shape index (κ2) is 8.51. The van der Waals surface area contributed by atoms with Gasteiger partial charge < -0.3 is 14.2 Å². The van der Waals surface area contributed by atoms with Crippen molar-refractivity contribution < 1.29 is 14.3 Å². The van der Waals surface area contributed by atoms with Gasteiger partial charge in [0.2, 0.25) is 5.91 Å². The minimum Gasteiger partial charge on any atom is -0.496 e. The van der Waals surface area contributed by atoms with Crippen molar-refractivity contribution in [2.75, 3.05) is 20.7 Å². The van der Waals surface area contributed by atoms with Gasteiger partial charge in [0.25, 0.3) is 5.91 Å². The van der Waals surface area contributed by atoms with E-state index in [1.807, 2.05) is 68.1 Å². The summed E-state index contributed by atoms with van der Waals surface area (Å²) in [7, 11) is 5.22. The van der Waals surface area contributed by atoms with Crippen LogP contribution >= 0.6 is 0 Å². The highest BCUT2D eigenvalue weighted by atomic mass is 16.5. The van der Waals surface area contributed by atoms with E-state index < -0.39 is 0 Å². The summed E-state index contributed by atoms with van der Waals surface area (Å²) in [6, 6.07) is 11.3. The van der Waals surface area contributed by atoms with Gasteiger partial charge in [0.05, 0.1) is 24.6 Å². The van der Waals surface area contributed by atoms with Crippen LogP contribution in [-0.2, 0) is 16.6 Å². The molecule has 29 heavy (non-hydrogen) atoms. The second-order valence-corrected chi connectivity index (χ2v) is 7.60. The van der Waals surface area contributed by atoms with E-state index in [1.165, 1.54) is 9.91 Å². The zero-order chi connectivity index (χ0) is 21.1. The Bertz CT molecular complexity index is 932. The molecule has 0 saturated heterocycles. The maximum atomic E-state index is 13.1. The van der Waals surface area contributed by atoms with Crippen LogP contribution in [-0.4, -0.2) is 52.7 Å². The van der Waals surface area contributed by atoms with E-state index in [9.17, 15) is 9.59 Å². The van der Waals surface area contributed by atoms with Crippen LogP contribution in [0.2, 0.25) is 0 Å². The number of amides is 2. The highest BCUT2D eigenvalue weighted by molar-refractivity contribution is 6.02. The largest absolute Gasteiger partial charge is 0.496 e. The Morgan fingerprint density at radius 1 is 1.24 bits per heavy atom. The summed E-state index contributed by atoms with van der Waals surface area (Å²) < 4.78 is 7.51. The Hall–Kier alpha value is -3.09. The first-order chi connectivity index (χ1) is 13.8. The molecule has 0 saturated carbocycles. The van der Waals surface area contributed by atoms with Gasteiger partial charge in [-0.25, -0.2) is 5.01 Å². The number of benzene rings is 1. The minimum absolute atomic E-state index is 0.0213. The summed E-state index contributed by atoms with van der Waals surface area (Å²) in [4.78, 5) is 26.8. The van der Waals surface area contributed by atoms with Crippen LogP contribution in [0, 0.1) is 5.92 Å². The van der Waals surface area contributed by atoms with Crippen molar-refractivity contribution in [3.05, 3.63) is 53.9 Å². The predicted octanol–water partition coefficient (Wildman–Crippen LogP) is 2.83. The Labute approximate surface area is 171 Å². The number of methoxy groups -OCH3 is 1. The van der Waals surface area contributed by atoms with Gasteiger partial charge in [-0.15, -0.1) is 0 Å². The summed E-state index contributed by atoms with van der Waals surface area (Å²) in [5.41, 5.74) is 2.69. The maximum absolute atomic E-state index is 13.1. The number of carbonyl (C=O) groups excluding carboxylic acids is 2. The molecule has 1 atom stereocenters. The number of likely N-dealkylation sites (N-methyl/N-ethyl adjacent to an activating group) is 1. The first-order valence-corrected chi connectivity index (χ1v) is 9.72. The van der Waals surface area contributed by atoms with Crippen molar-refractivity contribution in [3.8, 4) is 5.75 Å². The third-order valence-electron chi connectivity index (χ3n) is 5.15. The number of aromatic nitrogens is 1. The number of para-hydroxylation sites is 1. The molecule has 0 aliphatic carbocycles. The van der Waals surface area contributed by atoms with Gasteiger partial charge in [-0.3, -0.25) is 9.59 Å². The molecule has 0 fully saturated rings. The topological polar surface area (TPSA) is 67.1 Å². The Balaban J connectivity index is 1.94. The van der Waals surface area contributed by atoms with Gasteiger partial charge in [0.1, 0.15) is 12.3 Å². The monoisotopic (exact) mass is 396 g/mol. The average Bonchev–Trinajstić information content (AvgIpc) is 3.33. The zero-order valence-corrected chi connectivity index (χ0v) is 17.6. The standard InChI is InChI=1S/C22H28N4O3/c1-15(2)22(28)25(4)14-21(27)26-19(16-9-6-7-11-20(16)29-5)13-17(23-26)18-10-8-12-24(18)3/h6-12,15,19H,13-14H2,1-5H3. The molecule has 2 amide bonds. The van der Waals surface area contributed by atoms with E-state index in [-0.39, 0.29) is 30.3 Å². The fraction of sp³-hybridized carbons (Fsp3) is 0.409.